The van der Waals surface area contributed by atoms with Gasteiger partial charge in [-0.1, -0.05) is 6.07 Å². The fourth-order valence-electron chi connectivity index (χ4n) is 3.53. The second kappa shape index (κ2) is 9.86. The van der Waals surface area contributed by atoms with Gasteiger partial charge in [-0.2, -0.15) is 0 Å². The maximum Gasteiger partial charge on any atom is 0.342 e. The van der Waals surface area contributed by atoms with Crippen LogP contribution < -0.4 is 20.5 Å². The van der Waals surface area contributed by atoms with Crippen molar-refractivity contribution in [2.24, 2.45) is 0 Å². The van der Waals surface area contributed by atoms with Crippen molar-refractivity contribution in [2.75, 3.05) is 26.1 Å². The summed E-state index contributed by atoms with van der Waals surface area (Å²) in [4.78, 5) is 29.6. The number of pyridine rings is 1. The lowest BCUT2D eigenvalue weighted by atomic mass is 10.0. The van der Waals surface area contributed by atoms with Crippen LogP contribution in [0.4, 0.5) is 5.69 Å². The quantitative estimate of drug-likeness (QED) is 0.428. The molecule has 0 aliphatic heterocycles. The number of aromatic nitrogens is 1. The summed E-state index contributed by atoms with van der Waals surface area (Å²) < 4.78 is 16.2. The smallest absolute Gasteiger partial charge is 0.342 e. The normalized spacial score (nSPS) is 11.2. The van der Waals surface area contributed by atoms with E-state index in [1.807, 2.05) is 0 Å². The lowest BCUT2D eigenvalue weighted by Gasteiger charge is -2.27. The maximum atomic E-state index is 12.7. The summed E-state index contributed by atoms with van der Waals surface area (Å²) in [6, 6.07) is 9.69. The number of amides is 1. The predicted octanol–water partition coefficient (Wildman–Crippen LogP) is 3.60. The second-order valence-electron chi connectivity index (χ2n) is 8.37. The number of hydrogen-bond acceptors (Lipinski definition) is 8. The van der Waals surface area contributed by atoms with Crippen LogP contribution in [-0.4, -0.2) is 47.8 Å². The molecule has 0 bridgehead atoms. The molecule has 34 heavy (non-hydrogen) atoms. The summed E-state index contributed by atoms with van der Waals surface area (Å²) >= 11 is 0. The van der Waals surface area contributed by atoms with Crippen LogP contribution in [0.15, 0.2) is 36.4 Å². The topological polar surface area (TPSA) is 133 Å². The highest BCUT2D eigenvalue weighted by atomic mass is 16.5. The molecule has 0 aliphatic carbocycles. The summed E-state index contributed by atoms with van der Waals surface area (Å²) in [6.07, 6.45) is 0. The van der Waals surface area contributed by atoms with Crippen molar-refractivity contribution in [3.63, 3.8) is 0 Å². The van der Waals surface area contributed by atoms with E-state index in [4.69, 9.17) is 19.9 Å². The third-order valence-corrected chi connectivity index (χ3v) is 5.15. The van der Waals surface area contributed by atoms with E-state index < -0.39 is 11.5 Å². The van der Waals surface area contributed by atoms with Crippen molar-refractivity contribution >= 4 is 28.5 Å². The lowest BCUT2D eigenvalue weighted by molar-refractivity contribution is 0.0526. The molecule has 2 aromatic carbocycles. The van der Waals surface area contributed by atoms with Gasteiger partial charge in [-0.05, 0) is 58.0 Å². The molecule has 1 amide bonds. The van der Waals surface area contributed by atoms with Crippen LogP contribution in [0.25, 0.3) is 10.9 Å². The monoisotopic (exact) mass is 467 g/mol. The minimum atomic E-state index is -0.786. The van der Waals surface area contributed by atoms with Crippen molar-refractivity contribution in [3.8, 4) is 17.2 Å². The first-order chi connectivity index (χ1) is 16.1. The van der Waals surface area contributed by atoms with E-state index in [1.165, 1.54) is 19.2 Å². The summed E-state index contributed by atoms with van der Waals surface area (Å²) in [5, 5.41) is 13.3. The van der Waals surface area contributed by atoms with Gasteiger partial charge in [0.2, 0.25) is 0 Å². The van der Waals surface area contributed by atoms with Gasteiger partial charge in [-0.25, -0.2) is 4.79 Å². The molecule has 3 rings (SSSR count). The number of rotatable bonds is 8. The molecule has 1 aromatic heterocycles. The molecule has 0 saturated carbocycles. The van der Waals surface area contributed by atoms with E-state index in [-0.39, 0.29) is 47.4 Å². The zero-order chi connectivity index (χ0) is 25.0. The number of fused-ring (bicyclic) bond motifs is 1. The average molecular weight is 468 g/mol. The molecule has 9 nitrogen and oxygen atoms in total. The van der Waals surface area contributed by atoms with Crippen LogP contribution >= 0.6 is 0 Å². The molecule has 0 aliphatic rings. The number of anilines is 1. The Bertz CT molecular complexity index is 1240. The van der Waals surface area contributed by atoms with Gasteiger partial charge >= 0.3 is 5.97 Å². The van der Waals surface area contributed by atoms with E-state index in [0.717, 1.165) is 0 Å². The number of esters is 1. The number of nitrogen functional groups attached to an aromatic ring is 1. The molecule has 4 N–H and O–H groups in total. The van der Waals surface area contributed by atoms with Crippen LogP contribution in [0.5, 0.6) is 17.2 Å². The molecule has 0 unspecified atom stereocenters. The van der Waals surface area contributed by atoms with E-state index >= 15 is 0 Å². The van der Waals surface area contributed by atoms with Crippen LogP contribution in [0.1, 0.15) is 47.2 Å². The van der Waals surface area contributed by atoms with Crippen molar-refractivity contribution in [2.45, 2.75) is 33.2 Å². The van der Waals surface area contributed by atoms with Crippen LogP contribution in [0, 0.1) is 6.92 Å². The van der Waals surface area contributed by atoms with E-state index in [1.54, 1.807) is 52.0 Å². The molecule has 3 aromatic rings. The molecular formula is C25H29N3O6. The minimum Gasteiger partial charge on any atom is -0.504 e. The Hall–Kier alpha value is -4.01. The van der Waals surface area contributed by atoms with Crippen LogP contribution in [-0.2, 0) is 4.74 Å². The Labute approximate surface area is 197 Å². The summed E-state index contributed by atoms with van der Waals surface area (Å²) in [5.41, 5.74) is 7.34. The Balaban J connectivity index is 1.83. The molecule has 0 saturated heterocycles. The first kappa shape index (κ1) is 24.6. The lowest BCUT2D eigenvalue weighted by Crippen LogP contribution is -2.47. The first-order valence-electron chi connectivity index (χ1n) is 10.8. The number of aryl methyl sites for hydroxylation is 1. The number of aromatic hydroxyl groups is 1. The molecule has 0 spiro atoms. The number of phenols is 1. The molecule has 1 heterocycles. The Kier molecular flexibility index (Phi) is 7.14. The van der Waals surface area contributed by atoms with Gasteiger partial charge in [0.1, 0.15) is 17.9 Å². The summed E-state index contributed by atoms with van der Waals surface area (Å²) in [5.74, 6) is -0.352. The maximum absolute atomic E-state index is 12.7. The van der Waals surface area contributed by atoms with Gasteiger partial charge in [0.05, 0.1) is 41.5 Å². The highest BCUT2D eigenvalue weighted by Gasteiger charge is 2.25. The number of ether oxygens (including phenoxy) is 3. The fraction of sp³-hybridized carbons (Fsp3) is 0.320. The predicted molar refractivity (Wildman–Crippen MR) is 129 cm³/mol. The third kappa shape index (κ3) is 5.14. The number of nitrogens with one attached hydrogen (secondary N) is 1. The molecule has 180 valence electrons. The molecular weight excluding hydrogens is 438 g/mol. The summed E-state index contributed by atoms with van der Waals surface area (Å²) in [6.45, 7) is 7.33. The van der Waals surface area contributed by atoms with E-state index in [0.29, 0.717) is 22.3 Å². The average Bonchev–Trinajstić information content (AvgIpc) is 2.77. The highest BCUT2D eigenvalue weighted by molar-refractivity contribution is 6.07. The standard InChI is InChI=1S/C25H29N3O6/c1-6-33-24(31)20-14(2)27-16-8-7-9-19(21(16)22(20)26)34-13-25(3,4)28-23(30)15-10-11-18(32-5)17(29)12-15/h7-12,29H,6,13H2,1-5H3,(H2,26,27)(H,28,30). The van der Waals surface area contributed by atoms with Gasteiger partial charge in [0.15, 0.2) is 11.5 Å². The molecule has 9 heteroatoms. The number of nitrogens with zero attached hydrogens (tertiary/aromatic N) is 1. The molecule has 0 radical (unpaired) electrons. The number of nitrogens with two attached hydrogens (primary N) is 1. The van der Waals surface area contributed by atoms with E-state index in [9.17, 15) is 14.7 Å². The van der Waals surface area contributed by atoms with Gasteiger partial charge in [0, 0.05) is 5.56 Å². The number of hydrogen-bond donors (Lipinski definition) is 3. The zero-order valence-electron chi connectivity index (χ0n) is 19.9. The first-order valence-corrected chi connectivity index (χ1v) is 10.8. The van der Waals surface area contributed by atoms with Gasteiger partial charge < -0.3 is 30.4 Å². The molecule has 0 fully saturated rings. The molecule has 0 atom stereocenters. The second-order valence-corrected chi connectivity index (χ2v) is 8.37. The Morgan fingerprint density at radius 2 is 1.91 bits per heavy atom. The largest absolute Gasteiger partial charge is 0.504 e. The number of methoxy groups -OCH3 is 1. The number of phenolic OH excluding ortho intramolecular Hbond substituents is 1. The van der Waals surface area contributed by atoms with Gasteiger partial charge in [0.25, 0.3) is 5.91 Å². The SMILES string of the molecule is CCOC(=O)c1c(C)nc2cccc(OCC(C)(C)NC(=O)c3ccc(OC)c(O)c3)c2c1N. The van der Waals surface area contributed by atoms with Crippen LogP contribution in [0.2, 0.25) is 0 Å². The number of carbonyl (C=O) groups is 2. The minimum absolute atomic E-state index is 0.0993. The van der Waals surface area contributed by atoms with Crippen molar-refractivity contribution in [1.29, 1.82) is 0 Å². The van der Waals surface area contributed by atoms with Gasteiger partial charge in [-0.15, -0.1) is 0 Å². The van der Waals surface area contributed by atoms with Crippen molar-refractivity contribution in [1.82, 2.24) is 10.3 Å². The van der Waals surface area contributed by atoms with Crippen molar-refractivity contribution in [3.05, 3.63) is 53.2 Å². The highest BCUT2D eigenvalue weighted by Crippen LogP contribution is 2.34. The fourth-order valence-corrected chi connectivity index (χ4v) is 3.53. The third-order valence-electron chi connectivity index (χ3n) is 5.15. The number of benzene rings is 2. The number of carbonyl (C=O) groups excluding carboxylic acids is 2. The van der Waals surface area contributed by atoms with Crippen LogP contribution in [0.3, 0.4) is 0 Å². The van der Waals surface area contributed by atoms with Gasteiger partial charge in [-0.3, -0.25) is 9.78 Å². The Morgan fingerprint density at radius 3 is 2.56 bits per heavy atom. The summed E-state index contributed by atoms with van der Waals surface area (Å²) in [7, 11) is 1.43. The van der Waals surface area contributed by atoms with E-state index in [2.05, 4.69) is 10.3 Å². The van der Waals surface area contributed by atoms with Crippen molar-refractivity contribution < 1.29 is 28.9 Å². The zero-order valence-corrected chi connectivity index (χ0v) is 19.9. The Morgan fingerprint density at radius 1 is 1.18 bits per heavy atom.